The number of fused-ring (bicyclic) bond motifs is 1. The van der Waals surface area contributed by atoms with Crippen molar-refractivity contribution in [2.75, 3.05) is 6.54 Å². The molecule has 1 atom stereocenters. The predicted molar refractivity (Wildman–Crippen MR) is 98.3 cm³/mol. The molecule has 0 aliphatic carbocycles. The standard InChI is InChI=1S/C21H18N2S/c22-12-17-19(11-15-7-3-1-4-8-15)24-20-14-23-13-18(21(17)20)16-9-5-2-6-10-16/h1-10,18,23H,11,13-14H2. The molecule has 3 heteroatoms. The van der Waals surface area contributed by atoms with Gasteiger partial charge in [-0.15, -0.1) is 11.3 Å². The molecule has 0 saturated carbocycles. The van der Waals surface area contributed by atoms with E-state index in [2.05, 4.69) is 59.9 Å². The summed E-state index contributed by atoms with van der Waals surface area (Å²) in [7, 11) is 0. The first-order valence-electron chi connectivity index (χ1n) is 8.21. The average molecular weight is 330 g/mol. The number of hydrogen-bond donors (Lipinski definition) is 1. The number of benzene rings is 2. The van der Waals surface area contributed by atoms with Crippen LogP contribution in [0, 0.1) is 11.3 Å². The molecule has 4 rings (SSSR count). The number of thiophene rings is 1. The molecule has 118 valence electrons. The van der Waals surface area contributed by atoms with Crippen molar-refractivity contribution in [1.29, 1.82) is 5.26 Å². The predicted octanol–water partition coefficient (Wildman–Crippen LogP) is 4.45. The Labute approximate surface area is 146 Å². The van der Waals surface area contributed by atoms with Gasteiger partial charge >= 0.3 is 0 Å². The fourth-order valence-corrected chi connectivity index (χ4v) is 4.80. The minimum absolute atomic E-state index is 0.269. The van der Waals surface area contributed by atoms with E-state index in [9.17, 15) is 5.26 Å². The molecule has 0 saturated heterocycles. The van der Waals surface area contributed by atoms with E-state index in [0.29, 0.717) is 0 Å². The molecular weight excluding hydrogens is 312 g/mol. The summed E-state index contributed by atoms with van der Waals surface area (Å²) in [4.78, 5) is 2.51. The molecule has 1 N–H and O–H groups in total. The maximum atomic E-state index is 9.84. The van der Waals surface area contributed by atoms with Crippen molar-refractivity contribution in [3.63, 3.8) is 0 Å². The van der Waals surface area contributed by atoms with Crippen LogP contribution in [0.25, 0.3) is 0 Å². The van der Waals surface area contributed by atoms with Gasteiger partial charge in [-0.1, -0.05) is 60.7 Å². The number of rotatable bonds is 3. The summed E-state index contributed by atoms with van der Waals surface area (Å²) in [5, 5.41) is 13.4. The van der Waals surface area contributed by atoms with Crippen molar-refractivity contribution in [2.24, 2.45) is 0 Å². The highest BCUT2D eigenvalue weighted by molar-refractivity contribution is 7.12. The van der Waals surface area contributed by atoms with Crippen LogP contribution in [0.3, 0.4) is 0 Å². The molecular formula is C21H18N2S. The summed E-state index contributed by atoms with van der Waals surface area (Å²) in [6.45, 7) is 1.76. The Kier molecular flexibility index (Phi) is 4.17. The first-order valence-corrected chi connectivity index (χ1v) is 9.02. The van der Waals surface area contributed by atoms with Crippen molar-refractivity contribution in [2.45, 2.75) is 18.9 Å². The fourth-order valence-electron chi connectivity index (χ4n) is 3.47. The lowest BCUT2D eigenvalue weighted by Crippen LogP contribution is -2.28. The zero-order valence-electron chi connectivity index (χ0n) is 13.3. The van der Waals surface area contributed by atoms with Crippen molar-refractivity contribution < 1.29 is 0 Å². The summed E-state index contributed by atoms with van der Waals surface area (Å²) in [5.41, 5.74) is 4.69. The number of hydrogen-bond acceptors (Lipinski definition) is 3. The third-order valence-corrected chi connectivity index (χ3v) is 5.80. The first-order chi connectivity index (χ1) is 11.9. The van der Waals surface area contributed by atoms with E-state index in [1.165, 1.54) is 26.4 Å². The van der Waals surface area contributed by atoms with Crippen molar-refractivity contribution >= 4 is 11.3 Å². The van der Waals surface area contributed by atoms with Crippen LogP contribution in [-0.2, 0) is 13.0 Å². The van der Waals surface area contributed by atoms with Gasteiger partial charge in [0.15, 0.2) is 0 Å². The van der Waals surface area contributed by atoms with Gasteiger partial charge in [0, 0.05) is 35.2 Å². The number of nitrogens with zero attached hydrogens (tertiary/aromatic N) is 1. The first kappa shape index (κ1) is 15.1. The van der Waals surface area contributed by atoms with Gasteiger partial charge in [0.05, 0.1) is 5.56 Å². The van der Waals surface area contributed by atoms with Crippen LogP contribution in [0.4, 0.5) is 0 Å². The molecule has 0 radical (unpaired) electrons. The molecule has 2 heterocycles. The molecule has 24 heavy (non-hydrogen) atoms. The van der Waals surface area contributed by atoms with Crippen LogP contribution < -0.4 is 5.32 Å². The van der Waals surface area contributed by atoms with E-state index in [-0.39, 0.29) is 5.92 Å². The second-order valence-corrected chi connectivity index (χ2v) is 7.30. The Hall–Kier alpha value is -2.41. The minimum Gasteiger partial charge on any atom is -0.311 e. The lowest BCUT2D eigenvalue weighted by atomic mass is 9.86. The van der Waals surface area contributed by atoms with Crippen LogP contribution in [0.15, 0.2) is 60.7 Å². The monoisotopic (exact) mass is 330 g/mol. The van der Waals surface area contributed by atoms with Gasteiger partial charge in [0.25, 0.3) is 0 Å². The van der Waals surface area contributed by atoms with Crippen LogP contribution in [0.5, 0.6) is 0 Å². The van der Waals surface area contributed by atoms with Crippen molar-refractivity contribution in [1.82, 2.24) is 5.32 Å². The van der Waals surface area contributed by atoms with Crippen LogP contribution in [0.2, 0.25) is 0 Å². The zero-order valence-corrected chi connectivity index (χ0v) is 14.1. The lowest BCUT2D eigenvalue weighted by Gasteiger charge is -2.24. The summed E-state index contributed by atoms with van der Waals surface area (Å²) < 4.78 is 0. The van der Waals surface area contributed by atoms with Crippen molar-refractivity contribution in [3.05, 3.63) is 92.7 Å². The molecule has 3 aromatic rings. The Morgan fingerprint density at radius 2 is 1.75 bits per heavy atom. The zero-order chi connectivity index (χ0) is 16.4. The van der Waals surface area contributed by atoms with Crippen LogP contribution in [-0.4, -0.2) is 6.54 Å². The van der Waals surface area contributed by atoms with Crippen LogP contribution >= 0.6 is 11.3 Å². The quantitative estimate of drug-likeness (QED) is 0.770. The summed E-state index contributed by atoms with van der Waals surface area (Å²) >= 11 is 1.79. The molecule has 0 fully saturated rings. The number of nitrogens with one attached hydrogen (secondary N) is 1. The van der Waals surface area contributed by atoms with E-state index in [1.807, 2.05) is 12.1 Å². The van der Waals surface area contributed by atoms with Gasteiger partial charge in [-0.3, -0.25) is 0 Å². The molecule has 0 spiro atoms. The summed E-state index contributed by atoms with van der Waals surface area (Å²) in [6.07, 6.45) is 0.836. The van der Waals surface area contributed by atoms with E-state index >= 15 is 0 Å². The highest BCUT2D eigenvalue weighted by atomic mass is 32.1. The molecule has 1 aromatic heterocycles. The normalized spacial score (nSPS) is 16.4. The van der Waals surface area contributed by atoms with Gasteiger partial charge in [0.2, 0.25) is 0 Å². The van der Waals surface area contributed by atoms with Gasteiger partial charge in [-0.05, 0) is 16.7 Å². The van der Waals surface area contributed by atoms with E-state index in [4.69, 9.17) is 0 Å². The van der Waals surface area contributed by atoms with E-state index in [1.54, 1.807) is 11.3 Å². The van der Waals surface area contributed by atoms with Gasteiger partial charge < -0.3 is 5.32 Å². The maximum Gasteiger partial charge on any atom is 0.101 e. The SMILES string of the molecule is N#Cc1c(Cc2ccccc2)sc2c1C(c1ccccc1)CNC2. The molecule has 0 amide bonds. The second kappa shape index (κ2) is 6.60. The smallest absolute Gasteiger partial charge is 0.101 e. The molecule has 1 unspecified atom stereocenters. The summed E-state index contributed by atoms with van der Waals surface area (Å²) in [5.74, 6) is 0.269. The highest BCUT2D eigenvalue weighted by Gasteiger charge is 2.29. The van der Waals surface area contributed by atoms with Gasteiger partial charge in [0.1, 0.15) is 6.07 Å². The topological polar surface area (TPSA) is 35.8 Å². The molecule has 1 aliphatic heterocycles. The summed E-state index contributed by atoms with van der Waals surface area (Å²) in [6, 6.07) is 23.4. The average Bonchev–Trinajstić information content (AvgIpc) is 3.00. The van der Waals surface area contributed by atoms with E-state index < -0.39 is 0 Å². The van der Waals surface area contributed by atoms with Gasteiger partial charge in [-0.2, -0.15) is 5.26 Å². The third-order valence-electron chi connectivity index (χ3n) is 4.60. The molecule has 1 aliphatic rings. The Morgan fingerprint density at radius 3 is 2.46 bits per heavy atom. The van der Waals surface area contributed by atoms with Gasteiger partial charge in [-0.25, -0.2) is 0 Å². The molecule has 2 nitrogen and oxygen atoms in total. The third kappa shape index (κ3) is 2.75. The fraction of sp³-hybridized carbons (Fsp3) is 0.190. The largest absolute Gasteiger partial charge is 0.311 e. The molecule has 0 bridgehead atoms. The number of nitriles is 1. The minimum atomic E-state index is 0.269. The Balaban J connectivity index is 1.78. The van der Waals surface area contributed by atoms with E-state index in [0.717, 1.165) is 25.1 Å². The van der Waals surface area contributed by atoms with Crippen LogP contribution in [0.1, 0.15) is 37.9 Å². The highest BCUT2D eigenvalue weighted by Crippen LogP contribution is 2.39. The lowest BCUT2D eigenvalue weighted by molar-refractivity contribution is 0.599. The maximum absolute atomic E-state index is 9.84. The second-order valence-electron chi connectivity index (χ2n) is 6.11. The Bertz CT molecular complexity index is 875. The Morgan fingerprint density at radius 1 is 1.04 bits per heavy atom. The van der Waals surface area contributed by atoms with Crippen molar-refractivity contribution in [3.8, 4) is 6.07 Å². The molecule has 2 aromatic carbocycles.